The summed E-state index contributed by atoms with van der Waals surface area (Å²) < 4.78 is 0. The van der Waals surface area contributed by atoms with Crippen molar-refractivity contribution in [1.29, 1.82) is 0 Å². The van der Waals surface area contributed by atoms with Crippen LogP contribution in [0, 0.1) is 0 Å². The molecule has 0 aliphatic heterocycles. The molecule has 1 nitrogen and oxygen atoms in total. The smallest absolute Gasteiger partial charge is 0.162 e. The second kappa shape index (κ2) is 6.14. The molecule has 1 aromatic rings. The highest BCUT2D eigenvalue weighted by molar-refractivity contribution is 6.31. The summed E-state index contributed by atoms with van der Waals surface area (Å²) in [5.74, 6) is 0.668. The second-order valence-electron chi connectivity index (χ2n) is 3.38. The lowest BCUT2D eigenvalue weighted by molar-refractivity contribution is 0.0982. The number of alkyl halides is 1. The molecule has 0 heterocycles. The average molecular weight is 245 g/mol. The predicted octanol–water partition coefficient (Wildman–Crippen LogP) is 4.10. The van der Waals surface area contributed by atoms with E-state index in [1.165, 1.54) is 0 Å². The predicted molar refractivity (Wildman–Crippen MR) is 65.1 cm³/mol. The van der Waals surface area contributed by atoms with Gasteiger partial charge < -0.3 is 0 Å². The first-order chi connectivity index (χ1) is 7.19. The molecule has 0 aliphatic carbocycles. The van der Waals surface area contributed by atoms with Crippen molar-refractivity contribution in [3.05, 3.63) is 34.3 Å². The molecule has 15 heavy (non-hydrogen) atoms. The van der Waals surface area contributed by atoms with Crippen LogP contribution in [0.25, 0.3) is 0 Å². The van der Waals surface area contributed by atoms with Gasteiger partial charge in [0, 0.05) is 22.9 Å². The number of carbonyl (C=O) groups excluding carboxylic acids is 1. The van der Waals surface area contributed by atoms with Crippen LogP contribution in [0.5, 0.6) is 0 Å². The van der Waals surface area contributed by atoms with Gasteiger partial charge in [-0.3, -0.25) is 4.79 Å². The van der Waals surface area contributed by atoms with E-state index in [1.807, 2.05) is 13.0 Å². The molecular weight excluding hydrogens is 231 g/mol. The van der Waals surface area contributed by atoms with Crippen molar-refractivity contribution in [3.8, 4) is 0 Å². The van der Waals surface area contributed by atoms with Gasteiger partial charge >= 0.3 is 0 Å². The van der Waals surface area contributed by atoms with Gasteiger partial charge in [-0.1, -0.05) is 18.5 Å². The number of carbonyl (C=O) groups is 1. The molecule has 82 valence electrons. The standard InChI is InChI=1S/C12H14Cl2O/c1-2-9-8-10(5-6-11(9)14)12(15)4-3-7-13/h5-6,8H,2-4,7H2,1H3. The molecule has 0 aromatic heterocycles. The lowest BCUT2D eigenvalue weighted by Crippen LogP contribution is -2.00. The van der Waals surface area contributed by atoms with E-state index in [1.54, 1.807) is 12.1 Å². The first-order valence-corrected chi connectivity index (χ1v) is 5.98. The van der Waals surface area contributed by atoms with Gasteiger partial charge in [0.25, 0.3) is 0 Å². The fourth-order valence-electron chi connectivity index (χ4n) is 1.39. The number of rotatable bonds is 5. The highest BCUT2D eigenvalue weighted by Crippen LogP contribution is 2.19. The molecule has 1 aromatic carbocycles. The molecule has 0 saturated carbocycles. The summed E-state index contributed by atoms with van der Waals surface area (Å²) in [5, 5.41) is 0.728. The highest BCUT2D eigenvalue weighted by atomic mass is 35.5. The number of halogens is 2. The molecule has 0 fully saturated rings. The molecule has 0 spiro atoms. The van der Waals surface area contributed by atoms with Gasteiger partial charge in [0.05, 0.1) is 0 Å². The lowest BCUT2D eigenvalue weighted by atomic mass is 10.0. The zero-order valence-electron chi connectivity index (χ0n) is 8.72. The van der Waals surface area contributed by atoms with Crippen LogP contribution >= 0.6 is 23.2 Å². The summed E-state index contributed by atoms with van der Waals surface area (Å²) in [7, 11) is 0. The first-order valence-electron chi connectivity index (χ1n) is 5.06. The van der Waals surface area contributed by atoms with E-state index in [-0.39, 0.29) is 5.78 Å². The Hall–Kier alpha value is -0.530. The molecule has 0 bridgehead atoms. The van der Waals surface area contributed by atoms with Crippen LogP contribution in [0.3, 0.4) is 0 Å². The number of benzene rings is 1. The van der Waals surface area contributed by atoms with Gasteiger partial charge in [-0.2, -0.15) is 0 Å². The number of ketones is 1. The van der Waals surface area contributed by atoms with Crippen molar-refractivity contribution < 1.29 is 4.79 Å². The Morgan fingerprint density at radius 3 is 2.73 bits per heavy atom. The number of Topliss-reactive ketones (excluding diaryl/α,β-unsaturated/α-hetero) is 1. The van der Waals surface area contributed by atoms with E-state index >= 15 is 0 Å². The van der Waals surface area contributed by atoms with Crippen LogP contribution < -0.4 is 0 Å². The first kappa shape index (κ1) is 12.5. The van der Waals surface area contributed by atoms with Gasteiger partial charge in [-0.15, -0.1) is 11.6 Å². The summed E-state index contributed by atoms with van der Waals surface area (Å²) in [6, 6.07) is 5.44. The molecule has 3 heteroatoms. The molecular formula is C12H14Cl2O. The summed E-state index contributed by atoms with van der Waals surface area (Å²) in [4.78, 5) is 11.7. The molecule has 0 amide bonds. The van der Waals surface area contributed by atoms with Crippen molar-refractivity contribution in [2.24, 2.45) is 0 Å². The van der Waals surface area contributed by atoms with Crippen molar-refractivity contribution in [3.63, 3.8) is 0 Å². The van der Waals surface area contributed by atoms with Crippen molar-refractivity contribution in [1.82, 2.24) is 0 Å². The molecule has 0 atom stereocenters. The normalized spacial score (nSPS) is 10.3. The minimum absolute atomic E-state index is 0.141. The number of hydrogen-bond acceptors (Lipinski definition) is 1. The fourth-order valence-corrected chi connectivity index (χ4v) is 1.78. The van der Waals surface area contributed by atoms with E-state index < -0.39 is 0 Å². The lowest BCUT2D eigenvalue weighted by Gasteiger charge is -2.04. The van der Waals surface area contributed by atoms with Crippen molar-refractivity contribution in [2.45, 2.75) is 26.2 Å². The van der Waals surface area contributed by atoms with Gasteiger partial charge in [0.1, 0.15) is 0 Å². The van der Waals surface area contributed by atoms with Gasteiger partial charge in [0.2, 0.25) is 0 Å². The molecule has 0 saturated heterocycles. The maximum Gasteiger partial charge on any atom is 0.162 e. The zero-order chi connectivity index (χ0) is 11.3. The van der Waals surface area contributed by atoms with E-state index in [2.05, 4.69) is 0 Å². The van der Waals surface area contributed by atoms with Gasteiger partial charge in [0.15, 0.2) is 5.78 Å². The van der Waals surface area contributed by atoms with Crippen LogP contribution in [-0.4, -0.2) is 11.7 Å². The van der Waals surface area contributed by atoms with Crippen LogP contribution in [0.1, 0.15) is 35.7 Å². The van der Waals surface area contributed by atoms with E-state index in [0.717, 1.165) is 29.0 Å². The topological polar surface area (TPSA) is 17.1 Å². The van der Waals surface area contributed by atoms with Crippen molar-refractivity contribution in [2.75, 3.05) is 5.88 Å². The summed E-state index contributed by atoms with van der Waals surface area (Å²) in [6.45, 7) is 2.02. The summed E-state index contributed by atoms with van der Waals surface area (Å²) >= 11 is 11.5. The van der Waals surface area contributed by atoms with Gasteiger partial charge in [-0.05, 0) is 36.6 Å². The highest BCUT2D eigenvalue weighted by Gasteiger charge is 2.07. The Labute approximate surface area is 100 Å². The summed E-state index contributed by atoms with van der Waals surface area (Å²) in [6.07, 6.45) is 2.08. The SMILES string of the molecule is CCc1cc(C(=O)CCCCl)ccc1Cl. The largest absolute Gasteiger partial charge is 0.294 e. The Kier molecular flexibility index (Phi) is 5.13. The quantitative estimate of drug-likeness (QED) is 0.563. The van der Waals surface area contributed by atoms with E-state index in [4.69, 9.17) is 23.2 Å². The van der Waals surface area contributed by atoms with E-state index in [0.29, 0.717) is 12.3 Å². The van der Waals surface area contributed by atoms with Crippen LogP contribution in [0.15, 0.2) is 18.2 Å². The Morgan fingerprint density at radius 2 is 2.13 bits per heavy atom. The number of hydrogen-bond donors (Lipinski definition) is 0. The zero-order valence-corrected chi connectivity index (χ0v) is 10.2. The molecule has 0 radical (unpaired) electrons. The van der Waals surface area contributed by atoms with E-state index in [9.17, 15) is 4.79 Å². The third-order valence-corrected chi connectivity index (χ3v) is 2.92. The third kappa shape index (κ3) is 3.51. The maximum atomic E-state index is 11.7. The molecule has 0 unspecified atom stereocenters. The van der Waals surface area contributed by atoms with Gasteiger partial charge in [-0.25, -0.2) is 0 Å². The Balaban J connectivity index is 2.81. The van der Waals surface area contributed by atoms with Crippen molar-refractivity contribution >= 4 is 29.0 Å². The summed E-state index contributed by atoms with van der Waals surface area (Å²) in [5.41, 5.74) is 1.76. The minimum Gasteiger partial charge on any atom is -0.294 e. The third-order valence-electron chi connectivity index (χ3n) is 2.29. The van der Waals surface area contributed by atoms with Crippen LogP contribution in [0.4, 0.5) is 0 Å². The monoisotopic (exact) mass is 244 g/mol. The fraction of sp³-hybridized carbons (Fsp3) is 0.417. The Morgan fingerprint density at radius 1 is 1.40 bits per heavy atom. The second-order valence-corrected chi connectivity index (χ2v) is 4.16. The molecule has 1 rings (SSSR count). The van der Waals surface area contributed by atoms with Crippen LogP contribution in [0.2, 0.25) is 5.02 Å². The average Bonchev–Trinajstić information content (AvgIpc) is 2.26. The maximum absolute atomic E-state index is 11.7. The molecule has 0 N–H and O–H groups in total. The Bertz CT molecular complexity index is 347. The molecule has 0 aliphatic rings. The minimum atomic E-state index is 0.141. The number of aryl methyl sites for hydroxylation is 1. The van der Waals surface area contributed by atoms with Crippen LogP contribution in [-0.2, 0) is 6.42 Å².